The van der Waals surface area contributed by atoms with E-state index in [9.17, 15) is 13.5 Å². The van der Waals surface area contributed by atoms with Crippen LogP contribution in [0.3, 0.4) is 0 Å². The quantitative estimate of drug-likeness (QED) is 0.641. The molecule has 1 aliphatic rings. The minimum absolute atomic E-state index is 0.0325. The number of hydrogen-bond donors (Lipinski definition) is 2. The first-order valence-corrected chi connectivity index (χ1v) is 7.19. The Labute approximate surface area is 96.5 Å². The van der Waals surface area contributed by atoms with E-state index in [1.54, 1.807) is 0 Å². The van der Waals surface area contributed by atoms with E-state index in [-0.39, 0.29) is 12.3 Å². The van der Waals surface area contributed by atoms with Crippen molar-refractivity contribution in [3.8, 4) is 6.07 Å². The summed E-state index contributed by atoms with van der Waals surface area (Å²) in [5, 5.41) is 18.0. The molecule has 1 saturated carbocycles. The van der Waals surface area contributed by atoms with Gasteiger partial charge in [-0.3, -0.25) is 0 Å². The first kappa shape index (κ1) is 13.4. The van der Waals surface area contributed by atoms with E-state index >= 15 is 0 Å². The number of unbranched alkanes of at least 4 members (excludes halogenated alkanes) is 2. The number of nitrogens with zero attached hydrogens (tertiary/aromatic N) is 1. The molecular formula is C10H18N2O3S. The summed E-state index contributed by atoms with van der Waals surface area (Å²) in [6.45, 7) is 0.119. The maximum Gasteiger partial charge on any atom is 0.211 e. The molecule has 1 rings (SSSR count). The fourth-order valence-electron chi connectivity index (χ4n) is 1.57. The molecule has 1 fully saturated rings. The monoisotopic (exact) mass is 246 g/mol. The van der Waals surface area contributed by atoms with Crippen LogP contribution in [0.1, 0.15) is 38.5 Å². The molecule has 0 bridgehead atoms. The lowest BCUT2D eigenvalue weighted by Gasteiger charge is -2.36. The van der Waals surface area contributed by atoms with Gasteiger partial charge in [0.1, 0.15) is 0 Å². The van der Waals surface area contributed by atoms with Crippen molar-refractivity contribution in [3.63, 3.8) is 0 Å². The van der Waals surface area contributed by atoms with Crippen molar-refractivity contribution in [2.75, 3.05) is 12.3 Å². The maximum absolute atomic E-state index is 11.5. The van der Waals surface area contributed by atoms with Gasteiger partial charge in [0.05, 0.1) is 17.4 Å². The van der Waals surface area contributed by atoms with Gasteiger partial charge in [0.25, 0.3) is 0 Å². The van der Waals surface area contributed by atoms with Crippen LogP contribution in [0, 0.1) is 11.3 Å². The molecule has 0 saturated heterocycles. The Morgan fingerprint density at radius 3 is 2.56 bits per heavy atom. The van der Waals surface area contributed by atoms with Crippen molar-refractivity contribution < 1.29 is 13.5 Å². The summed E-state index contributed by atoms with van der Waals surface area (Å²) in [5.74, 6) is 0.0325. The van der Waals surface area contributed by atoms with E-state index in [1.165, 1.54) is 0 Å². The zero-order valence-electron chi connectivity index (χ0n) is 9.28. The minimum atomic E-state index is -3.29. The number of hydrogen-bond acceptors (Lipinski definition) is 4. The van der Waals surface area contributed by atoms with Gasteiger partial charge in [0, 0.05) is 13.0 Å². The Kier molecular flexibility index (Phi) is 4.71. The predicted molar refractivity (Wildman–Crippen MR) is 60.1 cm³/mol. The average Bonchev–Trinajstić information content (AvgIpc) is 2.19. The standard InChI is InChI=1S/C10H18N2O3S/c11-7-2-1-3-8-16(14,15)12-9-10(13)5-4-6-10/h12-13H,1-6,8-9H2. The maximum atomic E-state index is 11.5. The second-order valence-corrected chi connectivity index (χ2v) is 6.26. The molecule has 0 atom stereocenters. The van der Waals surface area contributed by atoms with Crippen LogP contribution in [0.2, 0.25) is 0 Å². The van der Waals surface area contributed by atoms with Crippen molar-refractivity contribution in [2.24, 2.45) is 0 Å². The molecule has 2 N–H and O–H groups in total. The molecule has 0 aromatic rings. The van der Waals surface area contributed by atoms with E-state index in [2.05, 4.69) is 4.72 Å². The first-order valence-electron chi connectivity index (χ1n) is 5.54. The smallest absolute Gasteiger partial charge is 0.211 e. The largest absolute Gasteiger partial charge is 0.389 e. The zero-order chi connectivity index (χ0) is 12.1. The number of nitriles is 1. The Morgan fingerprint density at radius 1 is 1.38 bits per heavy atom. The lowest BCUT2D eigenvalue weighted by molar-refractivity contribution is -0.0270. The summed E-state index contributed by atoms with van der Waals surface area (Å²) < 4.78 is 25.4. The minimum Gasteiger partial charge on any atom is -0.389 e. The van der Waals surface area contributed by atoms with E-state index < -0.39 is 15.6 Å². The van der Waals surface area contributed by atoms with Crippen molar-refractivity contribution in [2.45, 2.75) is 44.1 Å². The van der Waals surface area contributed by atoms with E-state index in [4.69, 9.17) is 5.26 Å². The molecule has 0 spiro atoms. The molecule has 0 aliphatic heterocycles. The number of sulfonamides is 1. The Bertz CT molecular complexity index is 355. The van der Waals surface area contributed by atoms with Gasteiger partial charge in [-0.25, -0.2) is 13.1 Å². The summed E-state index contributed by atoms with van der Waals surface area (Å²) in [5.41, 5.74) is -0.820. The van der Waals surface area contributed by atoms with Gasteiger partial charge in [-0.15, -0.1) is 0 Å². The SMILES string of the molecule is N#CCCCCS(=O)(=O)NCC1(O)CCC1. The van der Waals surface area contributed by atoms with Crippen LogP contribution in [-0.4, -0.2) is 31.4 Å². The van der Waals surface area contributed by atoms with Crippen molar-refractivity contribution in [1.82, 2.24) is 4.72 Å². The van der Waals surface area contributed by atoms with Gasteiger partial charge in [-0.2, -0.15) is 5.26 Å². The third kappa shape index (κ3) is 4.47. The second kappa shape index (κ2) is 5.62. The third-order valence-corrected chi connectivity index (χ3v) is 4.27. The van der Waals surface area contributed by atoms with Crippen LogP contribution in [0.5, 0.6) is 0 Å². The van der Waals surface area contributed by atoms with Crippen LogP contribution in [0.25, 0.3) is 0 Å². The van der Waals surface area contributed by atoms with Gasteiger partial charge >= 0.3 is 0 Å². The molecule has 0 amide bonds. The molecule has 1 aliphatic carbocycles. The number of rotatable bonds is 7. The molecule has 6 heteroatoms. The molecule has 92 valence electrons. The fraction of sp³-hybridized carbons (Fsp3) is 0.900. The summed E-state index contributed by atoms with van der Waals surface area (Å²) >= 11 is 0. The van der Waals surface area contributed by atoms with E-state index in [0.29, 0.717) is 32.1 Å². The van der Waals surface area contributed by atoms with Gasteiger partial charge in [0.15, 0.2) is 0 Å². The number of aliphatic hydroxyl groups is 1. The van der Waals surface area contributed by atoms with Crippen molar-refractivity contribution in [3.05, 3.63) is 0 Å². The van der Waals surface area contributed by atoms with Gasteiger partial charge < -0.3 is 5.11 Å². The molecule has 0 radical (unpaired) electrons. The summed E-state index contributed by atoms with van der Waals surface area (Å²) in [7, 11) is -3.29. The molecule has 5 nitrogen and oxygen atoms in total. The Balaban J connectivity index is 2.21. The zero-order valence-corrected chi connectivity index (χ0v) is 10.1. The number of nitrogens with one attached hydrogen (secondary N) is 1. The molecule has 0 heterocycles. The Hall–Kier alpha value is -0.640. The molecule has 0 aromatic heterocycles. The van der Waals surface area contributed by atoms with Crippen LogP contribution >= 0.6 is 0 Å². The third-order valence-electron chi connectivity index (χ3n) is 2.86. The topological polar surface area (TPSA) is 90.2 Å². The summed E-state index contributed by atoms with van der Waals surface area (Å²) in [4.78, 5) is 0. The highest BCUT2D eigenvalue weighted by molar-refractivity contribution is 7.89. The second-order valence-electron chi connectivity index (χ2n) is 4.33. The average molecular weight is 246 g/mol. The highest BCUT2D eigenvalue weighted by atomic mass is 32.2. The van der Waals surface area contributed by atoms with Crippen LogP contribution < -0.4 is 4.72 Å². The highest BCUT2D eigenvalue weighted by Crippen LogP contribution is 2.30. The van der Waals surface area contributed by atoms with E-state index in [0.717, 1.165) is 6.42 Å². The van der Waals surface area contributed by atoms with Gasteiger partial charge in [0.2, 0.25) is 10.0 Å². The molecular weight excluding hydrogens is 228 g/mol. The Morgan fingerprint density at radius 2 is 2.06 bits per heavy atom. The van der Waals surface area contributed by atoms with E-state index in [1.807, 2.05) is 6.07 Å². The summed E-state index contributed by atoms with van der Waals surface area (Å²) in [6, 6.07) is 1.97. The summed E-state index contributed by atoms with van der Waals surface area (Å²) in [6.07, 6.45) is 3.77. The van der Waals surface area contributed by atoms with Gasteiger partial charge in [-0.1, -0.05) is 0 Å². The molecule has 0 unspecified atom stereocenters. The van der Waals surface area contributed by atoms with Crippen molar-refractivity contribution >= 4 is 10.0 Å². The lowest BCUT2D eigenvalue weighted by Crippen LogP contribution is -2.48. The van der Waals surface area contributed by atoms with Crippen LogP contribution in [0.15, 0.2) is 0 Å². The lowest BCUT2D eigenvalue weighted by atomic mass is 9.81. The first-order chi connectivity index (χ1) is 7.47. The molecule has 16 heavy (non-hydrogen) atoms. The molecule has 0 aromatic carbocycles. The predicted octanol–water partition coefficient (Wildman–Crippen LogP) is 0.515. The van der Waals surface area contributed by atoms with Gasteiger partial charge in [-0.05, 0) is 32.1 Å². The highest BCUT2D eigenvalue weighted by Gasteiger charge is 2.35. The van der Waals surface area contributed by atoms with Crippen molar-refractivity contribution in [1.29, 1.82) is 5.26 Å². The normalized spacial score (nSPS) is 18.8. The van der Waals surface area contributed by atoms with Crippen LogP contribution in [-0.2, 0) is 10.0 Å². The fourth-order valence-corrected chi connectivity index (χ4v) is 2.79. The van der Waals surface area contributed by atoms with Crippen LogP contribution in [0.4, 0.5) is 0 Å².